The van der Waals surface area contributed by atoms with Crippen molar-refractivity contribution in [2.45, 2.75) is 6.42 Å². The molecule has 3 N–H and O–H groups in total. The molecule has 0 saturated heterocycles. The van der Waals surface area contributed by atoms with Gasteiger partial charge < -0.3 is 5.73 Å². The zero-order valence-corrected chi connectivity index (χ0v) is 11.2. The van der Waals surface area contributed by atoms with Crippen LogP contribution in [0, 0.1) is 5.41 Å². The fourth-order valence-corrected chi connectivity index (χ4v) is 1.95. The fraction of sp³-hybridized carbons (Fsp3) is 0.0588. The lowest BCUT2D eigenvalue weighted by Crippen LogP contribution is -2.10. The number of benzene rings is 2. The van der Waals surface area contributed by atoms with Gasteiger partial charge in [0.1, 0.15) is 5.84 Å². The summed E-state index contributed by atoms with van der Waals surface area (Å²) in [5, 5.41) is 7.48. The Hall–Kier alpha value is -2.68. The summed E-state index contributed by atoms with van der Waals surface area (Å²) < 4.78 is 0. The molecule has 0 amide bonds. The summed E-state index contributed by atoms with van der Waals surface area (Å²) in [6, 6.07) is 17.6. The number of aliphatic imine (C=N–C) groups is 1. The van der Waals surface area contributed by atoms with E-state index in [2.05, 4.69) is 23.8 Å². The number of nitrogens with two attached hydrogens (primary N) is 1. The molecule has 0 radical (unpaired) electrons. The molecule has 3 nitrogen and oxygen atoms in total. The van der Waals surface area contributed by atoms with Gasteiger partial charge in [-0.1, -0.05) is 54.6 Å². The highest BCUT2D eigenvalue weighted by molar-refractivity contribution is 5.95. The second-order valence-corrected chi connectivity index (χ2v) is 4.43. The first-order chi connectivity index (χ1) is 9.70. The molecule has 0 saturated carbocycles. The van der Waals surface area contributed by atoms with E-state index in [1.807, 2.05) is 48.5 Å². The summed E-state index contributed by atoms with van der Waals surface area (Å²) >= 11 is 0. The standard InChI is InChI=1S/C17H17N3/c1-20-16(11-10-13-6-3-2-4-7-13)14-8-5-9-15(12-14)17(18)19/h2-9,11-12H,1,10H2,(H3,18,19)/b16-11-. The molecule has 0 fully saturated rings. The molecule has 2 rings (SSSR count). The van der Waals surface area contributed by atoms with Crippen LogP contribution >= 0.6 is 0 Å². The minimum absolute atomic E-state index is 0.0540. The van der Waals surface area contributed by atoms with Gasteiger partial charge in [-0.3, -0.25) is 10.4 Å². The number of allylic oxidation sites excluding steroid dienone is 1. The Morgan fingerprint density at radius 2 is 1.80 bits per heavy atom. The number of hydrogen-bond acceptors (Lipinski definition) is 2. The van der Waals surface area contributed by atoms with Crippen molar-refractivity contribution < 1.29 is 0 Å². The van der Waals surface area contributed by atoms with Crippen molar-refractivity contribution in [3.05, 3.63) is 77.4 Å². The fourth-order valence-electron chi connectivity index (χ4n) is 1.95. The predicted molar refractivity (Wildman–Crippen MR) is 85.1 cm³/mol. The topological polar surface area (TPSA) is 62.2 Å². The molecule has 20 heavy (non-hydrogen) atoms. The minimum atomic E-state index is 0.0540. The maximum Gasteiger partial charge on any atom is 0.122 e. The van der Waals surface area contributed by atoms with Crippen LogP contribution in [0.4, 0.5) is 0 Å². The molecule has 0 aliphatic carbocycles. The quantitative estimate of drug-likeness (QED) is 0.631. The van der Waals surface area contributed by atoms with Crippen LogP contribution in [-0.4, -0.2) is 12.6 Å². The summed E-state index contributed by atoms with van der Waals surface area (Å²) in [6.45, 7) is 3.62. The summed E-state index contributed by atoms with van der Waals surface area (Å²) in [5.41, 5.74) is 9.14. The van der Waals surface area contributed by atoms with E-state index < -0.39 is 0 Å². The lowest BCUT2D eigenvalue weighted by atomic mass is 10.1. The van der Waals surface area contributed by atoms with Crippen LogP contribution in [0.1, 0.15) is 16.7 Å². The van der Waals surface area contributed by atoms with E-state index in [4.69, 9.17) is 11.1 Å². The van der Waals surface area contributed by atoms with Crippen molar-refractivity contribution in [3.8, 4) is 0 Å². The van der Waals surface area contributed by atoms with Crippen molar-refractivity contribution in [1.82, 2.24) is 0 Å². The van der Waals surface area contributed by atoms with Crippen molar-refractivity contribution in [3.63, 3.8) is 0 Å². The van der Waals surface area contributed by atoms with E-state index in [9.17, 15) is 0 Å². The van der Waals surface area contributed by atoms with E-state index in [1.54, 1.807) is 0 Å². The third kappa shape index (κ3) is 3.42. The van der Waals surface area contributed by atoms with E-state index >= 15 is 0 Å². The van der Waals surface area contributed by atoms with E-state index in [-0.39, 0.29) is 5.84 Å². The van der Waals surface area contributed by atoms with Gasteiger partial charge in [0.05, 0.1) is 5.70 Å². The number of amidine groups is 1. The Morgan fingerprint density at radius 3 is 2.45 bits per heavy atom. The number of hydrogen-bond donors (Lipinski definition) is 2. The van der Waals surface area contributed by atoms with Crippen molar-refractivity contribution >= 4 is 18.3 Å². The summed E-state index contributed by atoms with van der Waals surface area (Å²) in [7, 11) is 0. The highest BCUT2D eigenvalue weighted by Crippen LogP contribution is 2.18. The number of nitrogens with one attached hydrogen (secondary N) is 1. The van der Waals surface area contributed by atoms with Crippen molar-refractivity contribution in [2.24, 2.45) is 10.7 Å². The van der Waals surface area contributed by atoms with Crippen LogP contribution in [0.25, 0.3) is 5.70 Å². The summed E-state index contributed by atoms with van der Waals surface area (Å²) in [6.07, 6.45) is 2.82. The number of nitrogen functional groups attached to an aromatic ring is 1. The van der Waals surface area contributed by atoms with Crippen molar-refractivity contribution in [2.75, 3.05) is 0 Å². The van der Waals surface area contributed by atoms with Crippen molar-refractivity contribution in [1.29, 1.82) is 5.41 Å². The van der Waals surface area contributed by atoms with Crippen LogP contribution in [0.5, 0.6) is 0 Å². The molecule has 0 unspecified atom stereocenters. The second kappa shape index (κ2) is 6.48. The molecule has 0 heterocycles. The van der Waals surface area contributed by atoms with Gasteiger partial charge in [0, 0.05) is 11.1 Å². The van der Waals surface area contributed by atoms with Crippen LogP contribution < -0.4 is 5.73 Å². The molecular weight excluding hydrogens is 246 g/mol. The molecule has 0 spiro atoms. The number of rotatable bonds is 5. The summed E-state index contributed by atoms with van der Waals surface area (Å²) in [4.78, 5) is 4.07. The predicted octanol–water partition coefficient (Wildman–Crippen LogP) is 3.25. The van der Waals surface area contributed by atoms with Crippen LogP contribution in [0.3, 0.4) is 0 Å². The highest BCUT2D eigenvalue weighted by Gasteiger charge is 2.02. The normalized spacial score (nSPS) is 11.1. The molecule has 0 aliphatic heterocycles. The molecule has 2 aromatic carbocycles. The molecule has 3 heteroatoms. The van der Waals surface area contributed by atoms with Crippen LogP contribution in [-0.2, 0) is 6.42 Å². The third-order valence-corrected chi connectivity index (χ3v) is 3.01. The Balaban J connectivity index is 2.26. The molecule has 2 aromatic rings. The SMILES string of the molecule is C=N/C(=C\Cc1ccccc1)c1cccc(C(=N)N)c1. The first-order valence-electron chi connectivity index (χ1n) is 6.36. The van der Waals surface area contributed by atoms with Gasteiger partial charge in [0.15, 0.2) is 0 Å². The molecular formula is C17H17N3. The average molecular weight is 263 g/mol. The first kappa shape index (κ1) is 13.7. The largest absolute Gasteiger partial charge is 0.384 e. The lowest BCUT2D eigenvalue weighted by molar-refractivity contribution is 1.26. The zero-order chi connectivity index (χ0) is 14.4. The van der Waals surface area contributed by atoms with E-state index in [1.165, 1.54) is 5.56 Å². The number of nitrogens with zero attached hydrogens (tertiary/aromatic N) is 1. The van der Waals surface area contributed by atoms with Gasteiger partial charge in [-0.25, -0.2) is 0 Å². The van der Waals surface area contributed by atoms with Gasteiger partial charge in [0.25, 0.3) is 0 Å². The van der Waals surface area contributed by atoms with Gasteiger partial charge in [-0.05, 0) is 24.8 Å². The van der Waals surface area contributed by atoms with Gasteiger partial charge >= 0.3 is 0 Å². The molecule has 0 atom stereocenters. The lowest BCUT2D eigenvalue weighted by Gasteiger charge is -2.05. The van der Waals surface area contributed by atoms with Crippen LogP contribution in [0.15, 0.2) is 65.7 Å². The maximum atomic E-state index is 7.48. The van der Waals surface area contributed by atoms with Crippen LogP contribution in [0.2, 0.25) is 0 Å². The van der Waals surface area contributed by atoms with E-state index in [0.717, 1.165) is 17.7 Å². The van der Waals surface area contributed by atoms with Gasteiger partial charge in [-0.2, -0.15) is 0 Å². The molecule has 0 bridgehead atoms. The average Bonchev–Trinajstić information content (AvgIpc) is 2.49. The highest BCUT2D eigenvalue weighted by atomic mass is 14.7. The maximum absolute atomic E-state index is 7.48. The van der Waals surface area contributed by atoms with Gasteiger partial charge in [-0.15, -0.1) is 0 Å². The molecule has 0 aliphatic rings. The zero-order valence-electron chi connectivity index (χ0n) is 11.2. The van der Waals surface area contributed by atoms with Gasteiger partial charge in [0.2, 0.25) is 0 Å². The Bertz CT molecular complexity index is 642. The monoisotopic (exact) mass is 263 g/mol. The smallest absolute Gasteiger partial charge is 0.122 e. The Kier molecular flexibility index (Phi) is 4.45. The Labute approximate surface area is 119 Å². The summed E-state index contributed by atoms with van der Waals surface area (Å²) in [5.74, 6) is 0.0540. The van der Waals surface area contributed by atoms with E-state index in [0.29, 0.717) is 5.56 Å². The molecule has 0 aromatic heterocycles. The molecule has 100 valence electrons. The Morgan fingerprint density at radius 1 is 1.10 bits per heavy atom. The minimum Gasteiger partial charge on any atom is -0.384 e. The third-order valence-electron chi connectivity index (χ3n) is 3.01. The second-order valence-electron chi connectivity index (χ2n) is 4.43. The first-order valence-corrected chi connectivity index (χ1v) is 6.36.